The van der Waals surface area contributed by atoms with Crippen molar-refractivity contribution in [2.45, 2.75) is 5.25 Å². The first-order valence-corrected chi connectivity index (χ1v) is 8.29. The number of fused-ring (bicyclic) bond motifs is 1. The number of amides is 3. The van der Waals surface area contributed by atoms with E-state index in [1.807, 2.05) is 6.07 Å². The lowest BCUT2D eigenvalue weighted by atomic mass is 10.1. The zero-order valence-electron chi connectivity index (χ0n) is 12.8. The maximum absolute atomic E-state index is 12.7. The summed E-state index contributed by atoms with van der Waals surface area (Å²) in [5.74, 6) is -1.26. The van der Waals surface area contributed by atoms with Crippen molar-refractivity contribution in [3.05, 3.63) is 65.7 Å². The number of benzene rings is 2. The molecule has 7 nitrogen and oxygen atoms in total. The van der Waals surface area contributed by atoms with Crippen LogP contribution in [0.1, 0.15) is 20.7 Å². The minimum atomic E-state index is -0.928. The fourth-order valence-electron chi connectivity index (χ4n) is 2.68. The molecule has 4 rings (SSSR count). The molecule has 0 bridgehead atoms. The number of amidine groups is 1. The van der Waals surface area contributed by atoms with Crippen LogP contribution >= 0.6 is 11.9 Å². The first-order chi connectivity index (χ1) is 12.1. The molecule has 2 aliphatic heterocycles. The van der Waals surface area contributed by atoms with Gasteiger partial charge in [-0.3, -0.25) is 14.4 Å². The van der Waals surface area contributed by atoms with Crippen LogP contribution in [-0.4, -0.2) is 33.1 Å². The zero-order chi connectivity index (χ0) is 17.6. The molecule has 25 heavy (non-hydrogen) atoms. The van der Waals surface area contributed by atoms with Gasteiger partial charge >= 0.3 is 0 Å². The Morgan fingerprint density at radius 1 is 0.880 bits per heavy atom. The largest absolute Gasteiger partial charge is 0.384 e. The Morgan fingerprint density at radius 2 is 1.44 bits per heavy atom. The van der Waals surface area contributed by atoms with Crippen molar-refractivity contribution in [3.63, 3.8) is 0 Å². The van der Waals surface area contributed by atoms with Crippen LogP contribution in [-0.2, 0) is 4.79 Å². The van der Waals surface area contributed by atoms with E-state index in [1.54, 1.807) is 48.5 Å². The van der Waals surface area contributed by atoms with Crippen LogP contribution < -0.4 is 10.7 Å². The van der Waals surface area contributed by atoms with E-state index in [4.69, 9.17) is 5.73 Å². The Bertz CT molecular complexity index is 894. The molecule has 0 saturated carbocycles. The van der Waals surface area contributed by atoms with Gasteiger partial charge in [-0.2, -0.15) is 10.1 Å². The molecule has 124 valence electrons. The van der Waals surface area contributed by atoms with Crippen LogP contribution in [0.2, 0.25) is 0 Å². The maximum atomic E-state index is 12.7. The third-order valence-electron chi connectivity index (χ3n) is 3.89. The van der Waals surface area contributed by atoms with Gasteiger partial charge in [0, 0.05) is 0 Å². The summed E-state index contributed by atoms with van der Waals surface area (Å²) in [6, 6.07) is 15.4. The molecule has 0 fully saturated rings. The number of para-hydroxylation sites is 1. The summed E-state index contributed by atoms with van der Waals surface area (Å²) >= 11 is 0.789. The molecule has 0 saturated heterocycles. The molecule has 3 amide bonds. The highest BCUT2D eigenvalue weighted by molar-refractivity contribution is 8.00. The Morgan fingerprint density at radius 3 is 2.04 bits per heavy atom. The third-order valence-corrected chi connectivity index (χ3v) is 5.08. The Kier molecular flexibility index (Phi) is 3.54. The van der Waals surface area contributed by atoms with Gasteiger partial charge in [-0.05, 0) is 36.2 Å². The second-order valence-electron chi connectivity index (χ2n) is 5.45. The van der Waals surface area contributed by atoms with Crippen molar-refractivity contribution >= 4 is 41.2 Å². The van der Waals surface area contributed by atoms with Crippen molar-refractivity contribution in [1.29, 1.82) is 0 Å². The van der Waals surface area contributed by atoms with Gasteiger partial charge < -0.3 is 5.73 Å². The summed E-state index contributed by atoms with van der Waals surface area (Å²) < 4.78 is 0.976. The molecule has 2 heterocycles. The monoisotopic (exact) mass is 352 g/mol. The summed E-state index contributed by atoms with van der Waals surface area (Å²) in [7, 11) is 0. The van der Waals surface area contributed by atoms with Crippen LogP contribution in [0.15, 0.2) is 59.7 Å². The van der Waals surface area contributed by atoms with E-state index in [2.05, 4.69) is 5.10 Å². The molecular formula is C17H12N4O3S. The first kappa shape index (κ1) is 15.4. The number of rotatable bonds is 3. The van der Waals surface area contributed by atoms with Crippen LogP contribution in [0, 0.1) is 0 Å². The van der Waals surface area contributed by atoms with Gasteiger partial charge in [0.1, 0.15) is 5.84 Å². The average molecular weight is 352 g/mol. The fraction of sp³-hybridized carbons (Fsp3) is 0.0588. The third kappa shape index (κ3) is 2.38. The van der Waals surface area contributed by atoms with Gasteiger partial charge in [-0.25, -0.2) is 4.31 Å². The van der Waals surface area contributed by atoms with E-state index < -0.39 is 23.0 Å². The summed E-state index contributed by atoms with van der Waals surface area (Å²) in [5.41, 5.74) is 7.10. The predicted octanol–water partition coefficient (Wildman–Crippen LogP) is 1.62. The molecule has 0 aromatic heterocycles. The van der Waals surface area contributed by atoms with Gasteiger partial charge in [0.15, 0.2) is 5.25 Å². The van der Waals surface area contributed by atoms with Gasteiger partial charge in [-0.1, -0.05) is 30.3 Å². The number of hydrogen-bond acceptors (Lipinski definition) is 6. The topological polar surface area (TPSA) is 96.1 Å². The van der Waals surface area contributed by atoms with E-state index in [-0.39, 0.29) is 5.84 Å². The number of imide groups is 1. The second kappa shape index (κ2) is 5.75. The average Bonchev–Trinajstić information content (AvgIpc) is 3.06. The maximum Gasteiger partial charge on any atom is 0.271 e. The summed E-state index contributed by atoms with van der Waals surface area (Å²) in [6.07, 6.45) is 0. The lowest BCUT2D eigenvalue weighted by Crippen LogP contribution is -2.37. The predicted molar refractivity (Wildman–Crippen MR) is 93.9 cm³/mol. The van der Waals surface area contributed by atoms with E-state index in [1.165, 1.54) is 5.01 Å². The van der Waals surface area contributed by atoms with Gasteiger partial charge in [0.05, 0.1) is 16.8 Å². The Hall–Kier alpha value is -3.13. The smallest absolute Gasteiger partial charge is 0.271 e. The SMILES string of the molecule is NC1=NN(c2ccccc2)C(=O)C1SN1C(=O)c2ccccc2C1=O. The van der Waals surface area contributed by atoms with Crippen LogP contribution in [0.25, 0.3) is 0 Å². The number of hydrogen-bond donors (Lipinski definition) is 1. The molecule has 1 unspecified atom stereocenters. The van der Waals surface area contributed by atoms with Crippen molar-refractivity contribution in [3.8, 4) is 0 Å². The van der Waals surface area contributed by atoms with E-state index in [9.17, 15) is 14.4 Å². The highest BCUT2D eigenvalue weighted by Gasteiger charge is 2.43. The van der Waals surface area contributed by atoms with Crippen LogP contribution in [0.3, 0.4) is 0 Å². The Balaban J connectivity index is 1.59. The standard InChI is InChI=1S/C17H12N4O3S/c18-14-13(17(24)20(19-14)10-6-2-1-3-7-10)25-21-15(22)11-8-4-5-9-12(11)16(21)23/h1-9,13H,(H2,18,19). The van der Waals surface area contributed by atoms with Crippen molar-refractivity contribution < 1.29 is 14.4 Å². The molecule has 1 atom stereocenters. The van der Waals surface area contributed by atoms with Crippen molar-refractivity contribution in [2.24, 2.45) is 10.8 Å². The minimum Gasteiger partial charge on any atom is -0.384 e. The molecule has 0 radical (unpaired) electrons. The molecule has 0 spiro atoms. The summed E-state index contributed by atoms with van der Waals surface area (Å²) in [4.78, 5) is 37.5. The lowest BCUT2D eigenvalue weighted by molar-refractivity contribution is -0.116. The molecule has 0 aliphatic carbocycles. The number of carbonyl (C=O) groups excluding carboxylic acids is 3. The van der Waals surface area contributed by atoms with E-state index in [0.29, 0.717) is 16.8 Å². The minimum absolute atomic E-state index is 0.0513. The number of nitrogens with zero attached hydrogens (tertiary/aromatic N) is 3. The molecule has 2 aromatic rings. The molecular weight excluding hydrogens is 340 g/mol. The van der Waals surface area contributed by atoms with Gasteiger partial charge in [0.25, 0.3) is 17.7 Å². The quantitative estimate of drug-likeness (QED) is 0.669. The highest BCUT2D eigenvalue weighted by Crippen LogP contribution is 2.33. The number of hydrazone groups is 1. The molecule has 2 N–H and O–H groups in total. The molecule has 2 aliphatic rings. The summed E-state index contributed by atoms with van der Waals surface area (Å²) in [5, 5.41) is 4.33. The van der Waals surface area contributed by atoms with Crippen molar-refractivity contribution in [2.75, 3.05) is 5.01 Å². The first-order valence-electron chi connectivity index (χ1n) is 7.45. The molecule has 8 heteroatoms. The number of carbonyl (C=O) groups is 3. The lowest BCUT2D eigenvalue weighted by Gasteiger charge is -2.17. The Labute approximate surface area is 147 Å². The van der Waals surface area contributed by atoms with Crippen LogP contribution in [0.4, 0.5) is 5.69 Å². The normalized spacial score (nSPS) is 19.4. The van der Waals surface area contributed by atoms with Gasteiger partial charge in [-0.15, -0.1) is 0 Å². The van der Waals surface area contributed by atoms with E-state index in [0.717, 1.165) is 16.3 Å². The van der Waals surface area contributed by atoms with Gasteiger partial charge in [0.2, 0.25) is 0 Å². The van der Waals surface area contributed by atoms with E-state index >= 15 is 0 Å². The number of anilines is 1. The number of nitrogens with two attached hydrogens (primary N) is 1. The highest BCUT2D eigenvalue weighted by atomic mass is 32.2. The second-order valence-corrected chi connectivity index (χ2v) is 6.49. The zero-order valence-corrected chi connectivity index (χ0v) is 13.6. The summed E-state index contributed by atoms with van der Waals surface area (Å²) in [6.45, 7) is 0. The molecule has 2 aromatic carbocycles. The van der Waals surface area contributed by atoms with Crippen LogP contribution in [0.5, 0.6) is 0 Å². The van der Waals surface area contributed by atoms with Crippen molar-refractivity contribution in [1.82, 2.24) is 4.31 Å². The fourth-order valence-corrected chi connectivity index (χ4v) is 3.62.